The number of hydrogen-bond acceptors (Lipinski definition) is 7. The quantitative estimate of drug-likeness (QED) is 0.854. The normalized spacial score (nSPS) is 18.6. The third-order valence-electron chi connectivity index (χ3n) is 3.92. The van der Waals surface area contributed by atoms with Gasteiger partial charge in [-0.2, -0.15) is 9.97 Å². The summed E-state index contributed by atoms with van der Waals surface area (Å²) in [4.78, 5) is 11.1. The van der Waals surface area contributed by atoms with Crippen molar-refractivity contribution in [2.75, 3.05) is 13.1 Å². The fourth-order valence-corrected chi connectivity index (χ4v) is 2.70. The molecule has 1 fully saturated rings. The summed E-state index contributed by atoms with van der Waals surface area (Å²) in [7, 11) is 0. The molecule has 0 aliphatic carbocycles. The van der Waals surface area contributed by atoms with Gasteiger partial charge in [0.05, 0.1) is 12.5 Å². The first-order valence-electron chi connectivity index (χ1n) is 7.58. The number of likely N-dealkylation sites (tertiary alicyclic amines) is 1. The SMILES string of the molecule is Cc1nc(Cc2noc(C(C)N3CCCCCC3)n2)no1. The maximum Gasteiger partial charge on any atom is 0.243 e. The zero-order chi connectivity index (χ0) is 14.7. The van der Waals surface area contributed by atoms with Crippen LogP contribution in [0.4, 0.5) is 0 Å². The van der Waals surface area contributed by atoms with E-state index in [0.717, 1.165) is 13.1 Å². The molecule has 0 bridgehead atoms. The van der Waals surface area contributed by atoms with Gasteiger partial charge in [-0.05, 0) is 32.9 Å². The van der Waals surface area contributed by atoms with E-state index in [1.807, 2.05) is 0 Å². The van der Waals surface area contributed by atoms with E-state index in [1.54, 1.807) is 6.92 Å². The van der Waals surface area contributed by atoms with Crippen molar-refractivity contribution < 1.29 is 9.05 Å². The number of hydrogen-bond donors (Lipinski definition) is 0. The molecule has 0 saturated carbocycles. The topological polar surface area (TPSA) is 81.1 Å². The molecule has 0 amide bonds. The van der Waals surface area contributed by atoms with Crippen molar-refractivity contribution >= 4 is 0 Å². The van der Waals surface area contributed by atoms with Crippen LogP contribution in [0.15, 0.2) is 9.05 Å². The van der Waals surface area contributed by atoms with E-state index in [9.17, 15) is 0 Å². The van der Waals surface area contributed by atoms with E-state index in [0.29, 0.717) is 29.9 Å². The first-order chi connectivity index (χ1) is 10.2. The monoisotopic (exact) mass is 291 g/mol. The molecule has 2 aromatic heterocycles. The lowest BCUT2D eigenvalue weighted by Crippen LogP contribution is -2.28. The summed E-state index contributed by atoms with van der Waals surface area (Å²) >= 11 is 0. The van der Waals surface area contributed by atoms with Gasteiger partial charge in [0.2, 0.25) is 11.8 Å². The van der Waals surface area contributed by atoms with E-state index in [1.165, 1.54) is 25.7 Å². The summed E-state index contributed by atoms with van der Waals surface area (Å²) in [6.07, 6.45) is 5.56. The molecule has 7 heteroatoms. The maximum atomic E-state index is 5.41. The van der Waals surface area contributed by atoms with Gasteiger partial charge < -0.3 is 9.05 Å². The van der Waals surface area contributed by atoms with Gasteiger partial charge in [0, 0.05) is 6.92 Å². The third kappa shape index (κ3) is 3.47. The van der Waals surface area contributed by atoms with Crippen LogP contribution in [0.25, 0.3) is 0 Å². The van der Waals surface area contributed by atoms with Gasteiger partial charge >= 0.3 is 0 Å². The van der Waals surface area contributed by atoms with Crippen LogP contribution in [0.2, 0.25) is 0 Å². The van der Waals surface area contributed by atoms with Crippen molar-refractivity contribution in [2.45, 2.75) is 52.0 Å². The zero-order valence-corrected chi connectivity index (χ0v) is 12.6. The number of aryl methyl sites for hydroxylation is 1. The van der Waals surface area contributed by atoms with Gasteiger partial charge in [-0.25, -0.2) is 0 Å². The van der Waals surface area contributed by atoms with Crippen LogP contribution in [0, 0.1) is 6.92 Å². The number of nitrogens with zero attached hydrogens (tertiary/aromatic N) is 5. The molecule has 0 spiro atoms. The van der Waals surface area contributed by atoms with Crippen LogP contribution in [-0.4, -0.2) is 38.3 Å². The molecule has 0 N–H and O–H groups in total. The Morgan fingerprint density at radius 1 is 1.00 bits per heavy atom. The lowest BCUT2D eigenvalue weighted by molar-refractivity contribution is 0.179. The minimum atomic E-state index is 0.163. The molecule has 1 atom stereocenters. The van der Waals surface area contributed by atoms with Crippen molar-refractivity contribution in [1.29, 1.82) is 0 Å². The van der Waals surface area contributed by atoms with Crippen LogP contribution in [0.5, 0.6) is 0 Å². The standard InChI is InChI=1S/C14H21N5O2/c1-10(19-7-5-3-4-6-8-19)14-16-13(18-21-14)9-12-15-11(2)20-17-12/h10H,3-9H2,1-2H3. The first kappa shape index (κ1) is 14.2. The average molecular weight is 291 g/mol. The van der Waals surface area contributed by atoms with E-state index < -0.39 is 0 Å². The summed E-state index contributed by atoms with van der Waals surface area (Å²) in [5.41, 5.74) is 0. The Labute approximate surface area is 123 Å². The van der Waals surface area contributed by atoms with Crippen LogP contribution in [0.1, 0.15) is 62.1 Å². The zero-order valence-electron chi connectivity index (χ0n) is 12.6. The molecule has 1 unspecified atom stereocenters. The fraction of sp³-hybridized carbons (Fsp3) is 0.714. The fourth-order valence-electron chi connectivity index (χ4n) is 2.70. The van der Waals surface area contributed by atoms with Crippen LogP contribution in [0.3, 0.4) is 0 Å². The second kappa shape index (κ2) is 6.34. The van der Waals surface area contributed by atoms with E-state index in [2.05, 4.69) is 32.1 Å². The highest BCUT2D eigenvalue weighted by Crippen LogP contribution is 2.22. The third-order valence-corrected chi connectivity index (χ3v) is 3.92. The summed E-state index contributed by atoms with van der Waals surface area (Å²) < 4.78 is 10.4. The van der Waals surface area contributed by atoms with E-state index >= 15 is 0 Å². The Morgan fingerprint density at radius 2 is 1.67 bits per heavy atom. The minimum Gasteiger partial charge on any atom is -0.340 e. The van der Waals surface area contributed by atoms with Gasteiger partial charge in [-0.3, -0.25) is 4.90 Å². The molecule has 1 aliphatic rings. The predicted octanol–water partition coefficient (Wildman–Crippen LogP) is 2.29. The average Bonchev–Trinajstić information content (AvgIpc) is 3.00. The molecule has 3 rings (SSSR count). The number of aromatic nitrogens is 4. The molecule has 2 aromatic rings. The summed E-state index contributed by atoms with van der Waals surface area (Å²) in [5, 5.41) is 7.87. The van der Waals surface area contributed by atoms with Gasteiger partial charge in [0.1, 0.15) is 0 Å². The second-order valence-electron chi connectivity index (χ2n) is 5.58. The lowest BCUT2D eigenvalue weighted by Gasteiger charge is -2.24. The molecule has 7 nitrogen and oxygen atoms in total. The number of rotatable bonds is 4. The van der Waals surface area contributed by atoms with Crippen LogP contribution >= 0.6 is 0 Å². The highest BCUT2D eigenvalue weighted by molar-refractivity contribution is 5.00. The second-order valence-corrected chi connectivity index (χ2v) is 5.58. The van der Waals surface area contributed by atoms with Crippen molar-refractivity contribution in [3.8, 4) is 0 Å². The van der Waals surface area contributed by atoms with Crippen molar-refractivity contribution in [2.24, 2.45) is 0 Å². The summed E-state index contributed by atoms with van der Waals surface area (Å²) in [6, 6.07) is 0.163. The molecule has 1 aliphatic heterocycles. The van der Waals surface area contributed by atoms with Crippen LogP contribution < -0.4 is 0 Å². The molecular formula is C14H21N5O2. The van der Waals surface area contributed by atoms with Crippen molar-refractivity contribution in [3.63, 3.8) is 0 Å². The predicted molar refractivity (Wildman–Crippen MR) is 74.6 cm³/mol. The van der Waals surface area contributed by atoms with E-state index in [-0.39, 0.29) is 6.04 Å². The Bertz CT molecular complexity index is 571. The molecular weight excluding hydrogens is 270 g/mol. The molecule has 1 saturated heterocycles. The van der Waals surface area contributed by atoms with Gasteiger partial charge in [-0.15, -0.1) is 0 Å². The lowest BCUT2D eigenvalue weighted by atomic mass is 10.2. The van der Waals surface area contributed by atoms with Gasteiger partial charge in [0.15, 0.2) is 11.6 Å². The Kier molecular flexibility index (Phi) is 4.28. The van der Waals surface area contributed by atoms with Gasteiger partial charge in [-0.1, -0.05) is 23.2 Å². The molecule has 3 heterocycles. The molecule has 114 valence electrons. The highest BCUT2D eigenvalue weighted by Gasteiger charge is 2.22. The molecule has 0 radical (unpaired) electrons. The summed E-state index contributed by atoms with van der Waals surface area (Å²) in [6.45, 7) is 6.09. The minimum absolute atomic E-state index is 0.163. The van der Waals surface area contributed by atoms with Crippen molar-refractivity contribution in [3.05, 3.63) is 23.4 Å². The Morgan fingerprint density at radius 3 is 2.33 bits per heavy atom. The van der Waals surface area contributed by atoms with E-state index in [4.69, 9.17) is 9.05 Å². The highest BCUT2D eigenvalue weighted by atomic mass is 16.5. The van der Waals surface area contributed by atoms with Gasteiger partial charge in [0.25, 0.3) is 0 Å². The Balaban J connectivity index is 1.65. The Hall–Kier alpha value is -1.76. The largest absolute Gasteiger partial charge is 0.340 e. The van der Waals surface area contributed by atoms with Crippen molar-refractivity contribution in [1.82, 2.24) is 25.2 Å². The van der Waals surface area contributed by atoms with Crippen LogP contribution in [-0.2, 0) is 6.42 Å². The maximum absolute atomic E-state index is 5.41. The molecule has 21 heavy (non-hydrogen) atoms. The first-order valence-corrected chi connectivity index (χ1v) is 7.58. The molecule has 0 aromatic carbocycles. The smallest absolute Gasteiger partial charge is 0.243 e. The summed E-state index contributed by atoms with van der Waals surface area (Å²) in [5.74, 6) is 2.41.